The summed E-state index contributed by atoms with van der Waals surface area (Å²) >= 11 is 1.34. The predicted molar refractivity (Wildman–Crippen MR) is 98.9 cm³/mol. The molecule has 1 aliphatic heterocycles. The minimum absolute atomic E-state index is 0.0991. The third-order valence-electron chi connectivity index (χ3n) is 4.31. The fourth-order valence-corrected chi connectivity index (χ4v) is 3.49. The van der Waals surface area contributed by atoms with E-state index in [-0.39, 0.29) is 18.2 Å². The van der Waals surface area contributed by atoms with Crippen molar-refractivity contribution in [3.8, 4) is 0 Å². The number of anilines is 1. The zero-order valence-electron chi connectivity index (χ0n) is 14.3. The van der Waals surface area contributed by atoms with Crippen molar-refractivity contribution < 1.29 is 9.59 Å². The van der Waals surface area contributed by atoms with Gasteiger partial charge in [0.25, 0.3) is 5.91 Å². The standard InChI is InChI=1S/C18H22N4O2S/c1-2-21-8-10-22(11-9-21)16(23)12-15-13-25-18(19-15)20-17(24)14-6-4-3-5-7-14/h3-7,13H,2,8-12H2,1H3,(H,19,20,24). The van der Waals surface area contributed by atoms with Crippen LogP contribution in [0.15, 0.2) is 35.7 Å². The lowest BCUT2D eigenvalue weighted by Gasteiger charge is -2.34. The summed E-state index contributed by atoms with van der Waals surface area (Å²) in [4.78, 5) is 33.1. The summed E-state index contributed by atoms with van der Waals surface area (Å²) in [5, 5.41) is 5.14. The van der Waals surface area contributed by atoms with Crippen LogP contribution in [-0.2, 0) is 11.2 Å². The second kappa shape index (κ2) is 8.22. The quantitative estimate of drug-likeness (QED) is 0.889. The van der Waals surface area contributed by atoms with Gasteiger partial charge in [0, 0.05) is 37.1 Å². The molecule has 0 bridgehead atoms. The van der Waals surface area contributed by atoms with E-state index in [1.54, 1.807) is 12.1 Å². The first-order valence-corrected chi connectivity index (χ1v) is 9.34. The first-order chi connectivity index (χ1) is 12.2. The van der Waals surface area contributed by atoms with E-state index < -0.39 is 0 Å². The summed E-state index contributed by atoms with van der Waals surface area (Å²) in [6.45, 7) is 6.56. The van der Waals surface area contributed by atoms with Crippen molar-refractivity contribution in [3.05, 3.63) is 47.0 Å². The van der Waals surface area contributed by atoms with E-state index in [0.717, 1.165) is 32.7 Å². The molecule has 2 amide bonds. The van der Waals surface area contributed by atoms with E-state index in [4.69, 9.17) is 0 Å². The van der Waals surface area contributed by atoms with Gasteiger partial charge in [0.05, 0.1) is 12.1 Å². The van der Waals surface area contributed by atoms with Crippen LogP contribution < -0.4 is 5.32 Å². The number of hydrogen-bond acceptors (Lipinski definition) is 5. The fraction of sp³-hybridized carbons (Fsp3) is 0.389. The Labute approximate surface area is 151 Å². The summed E-state index contributed by atoms with van der Waals surface area (Å²) in [5.41, 5.74) is 1.29. The van der Waals surface area contributed by atoms with Gasteiger partial charge in [0.15, 0.2) is 5.13 Å². The Morgan fingerprint density at radius 1 is 1.16 bits per heavy atom. The second-order valence-electron chi connectivity index (χ2n) is 5.96. The van der Waals surface area contributed by atoms with Crippen molar-refractivity contribution in [1.29, 1.82) is 0 Å². The molecule has 1 N–H and O–H groups in total. The van der Waals surface area contributed by atoms with Crippen LogP contribution in [0, 0.1) is 0 Å². The van der Waals surface area contributed by atoms with Crippen LogP contribution in [0.25, 0.3) is 0 Å². The molecule has 1 saturated heterocycles. The molecule has 0 radical (unpaired) electrons. The number of rotatable bonds is 5. The van der Waals surface area contributed by atoms with E-state index >= 15 is 0 Å². The number of amides is 2. The Morgan fingerprint density at radius 3 is 2.56 bits per heavy atom. The summed E-state index contributed by atoms with van der Waals surface area (Å²) in [6.07, 6.45) is 0.282. The first-order valence-electron chi connectivity index (χ1n) is 8.46. The Bertz CT molecular complexity index is 724. The number of benzene rings is 1. The highest BCUT2D eigenvalue weighted by molar-refractivity contribution is 7.14. The maximum Gasteiger partial charge on any atom is 0.257 e. The van der Waals surface area contributed by atoms with Gasteiger partial charge in [-0.25, -0.2) is 4.98 Å². The lowest BCUT2D eigenvalue weighted by Crippen LogP contribution is -2.48. The molecule has 132 valence electrons. The Morgan fingerprint density at radius 2 is 1.88 bits per heavy atom. The molecule has 0 spiro atoms. The van der Waals surface area contributed by atoms with Crippen LogP contribution in [0.2, 0.25) is 0 Å². The Balaban J connectivity index is 1.53. The molecule has 7 heteroatoms. The number of likely N-dealkylation sites (N-methyl/N-ethyl adjacent to an activating group) is 1. The van der Waals surface area contributed by atoms with Crippen LogP contribution in [0.1, 0.15) is 23.0 Å². The second-order valence-corrected chi connectivity index (χ2v) is 6.81. The highest BCUT2D eigenvalue weighted by atomic mass is 32.1. The summed E-state index contributed by atoms with van der Waals surface area (Å²) < 4.78 is 0. The third-order valence-corrected chi connectivity index (χ3v) is 5.12. The number of nitrogens with zero attached hydrogens (tertiary/aromatic N) is 3. The minimum Gasteiger partial charge on any atom is -0.340 e. The van der Waals surface area contributed by atoms with Gasteiger partial charge in [-0.3, -0.25) is 14.9 Å². The number of piperazine rings is 1. The molecule has 1 fully saturated rings. The molecule has 0 aliphatic carbocycles. The number of carbonyl (C=O) groups is 2. The summed E-state index contributed by atoms with van der Waals surface area (Å²) in [5.74, 6) is -0.0921. The fourth-order valence-electron chi connectivity index (χ4n) is 2.78. The predicted octanol–water partition coefficient (Wildman–Crippen LogP) is 2.10. The SMILES string of the molecule is CCN1CCN(C(=O)Cc2csc(NC(=O)c3ccccc3)n2)CC1. The monoisotopic (exact) mass is 358 g/mol. The van der Waals surface area contributed by atoms with Crippen LogP contribution >= 0.6 is 11.3 Å². The number of thiazole rings is 1. The zero-order valence-corrected chi connectivity index (χ0v) is 15.1. The largest absolute Gasteiger partial charge is 0.340 e. The molecular weight excluding hydrogens is 336 g/mol. The van der Waals surface area contributed by atoms with Gasteiger partial charge >= 0.3 is 0 Å². The zero-order chi connectivity index (χ0) is 17.6. The van der Waals surface area contributed by atoms with E-state index in [1.165, 1.54) is 11.3 Å². The molecule has 3 rings (SSSR count). The van der Waals surface area contributed by atoms with Crippen LogP contribution in [-0.4, -0.2) is 59.3 Å². The molecule has 2 aromatic rings. The molecule has 2 heterocycles. The molecular formula is C18H22N4O2S. The number of hydrogen-bond donors (Lipinski definition) is 1. The minimum atomic E-state index is -0.191. The highest BCUT2D eigenvalue weighted by Crippen LogP contribution is 2.17. The van der Waals surface area contributed by atoms with Crippen molar-refractivity contribution in [2.45, 2.75) is 13.3 Å². The number of aromatic nitrogens is 1. The number of carbonyl (C=O) groups excluding carboxylic acids is 2. The maximum absolute atomic E-state index is 12.4. The average molecular weight is 358 g/mol. The molecule has 6 nitrogen and oxygen atoms in total. The van der Waals surface area contributed by atoms with Gasteiger partial charge in [-0.2, -0.15) is 0 Å². The highest BCUT2D eigenvalue weighted by Gasteiger charge is 2.21. The summed E-state index contributed by atoms with van der Waals surface area (Å²) in [6, 6.07) is 9.01. The lowest BCUT2D eigenvalue weighted by atomic mass is 10.2. The smallest absolute Gasteiger partial charge is 0.257 e. The van der Waals surface area contributed by atoms with Crippen molar-refractivity contribution in [1.82, 2.24) is 14.8 Å². The molecule has 1 aromatic heterocycles. The van der Waals surface area contributed by atoms with Crippen molar-refractivity contribution >= 4 is 28.3 Å². The van der Waals surface area contributed by atoms with Gasteiger partial charge in [-0.15, -0.1) is 11.3 Å². The van der Waals surface area contributed by atoms with Crippen LogP contribution in [0.3, 0.4) is 0 Å². The molecule has 0 atom stereocenters. The molecule has 0 saturated carbocycles. The number of nitrogens with one attached hydrogen (secondary N) is 1. The Hall–Kier alpha value is -2.25. The van der Waals surface area contributed by atoms with E-state index in [0.29, 0.717) is 16.4 Å². The van der Waals surface area contributed by atoms with Crippen molar-refractivity contribution in [2.75, 3.05) is 38.0 Å². The van der Waals surface area contributed by atoms with Gasteiger partial charge in [0.2, 0.25) is 5.91 Å². The van der Waals surface area contributed by atoms with Gasteiger partial charge in [-0.05, 0) is 18.7 Å². The molecule has 25 heavy (non-hydrogen) atoms. The third kappa shape index (κ3) is 4.64. The summed E-state index contributed by atoms with van der Waals surface area (Å²) in [7, 11) is 0. The molecule has 1 aromatic carbocycles. The molecule has 0 unspecified atom stereocenters. The van der Waals surface area contributed by atoms with Gasteiger partial charge < -0.3 is 9.80 Å². The van der Waals surface area contributed by atoms with E-state index in [2.05, 4.69) is 22.1 Å². The Kier molecular flexibility index (Phi) is 5.78. The molecule has 1 aliphatic rings. The van der Waals surface area contributed by atoms with Crippen LogP contribution in [0.5, 0.6) is 0 Å². The van der Waals surface area contributed by atoms with Gasteiger partial charge in [0.1, 0.15) is 0 Å². The maximum atomic E-state index is 12.4. The normalized spacial score (nSPS) is 15.2. The van der Waals surface area contributed by atoms with Crippen LogP contribution in [0.4, 0.5) is 5.13 Å². The average Bonchev–Trinajstić information content (AvgIpc) is 3.09. The van der Waals surface area contributed by atoms with E-state index in [1.807, 2.05) is 28.5 Å². The van der Waals surface area contributed by atoms with E-state index in [9.17, 15) is 9.59 Å². The van der Waals surface area contributed by atoms with Crippen molar-refractivity contribution in [2.24, 2.45) is 0 Å². The topological polar surface area (TPSA) is 65.5 Å². The first kappa shape index (κ1) is 17.6. The van der Waals surface area contributed by atoms with Crippen molar-refractivity contribution in [3.63, 3.8) is 0 Å². The van der Waals surface area contributed by atoms with Gasteiger partial charge in [-0.1, -0.05) is 25.1 Å². The lowest BCUT2D eigenvalue weighted by molar-refractivity contribution is -0.132.